The van der Waals surface area contributed by atoms with Crippen molar-refractivity contribution >= 4 is 18.1 Å². The van der Waals surface area contributed by atoms with Crippen LogP contribution in [0.1, 0.15) is 38.3 Å². The van der Waals surface area contributed by atoms with Crippen LogP contribution >= 0.6 is 0 Å². The average Bonchev–Trinajstić information content (AvgIpc) is 2.95. The number of methoxy groups -OCH3 is 1. The van der Waals surface area contributed by atoms with E-state index in [1.807, 2.05) is 93.6 Å². The minimum Gasteiger partial charge on any atom is -0.465 e. The summed E-state index contributed by atoms with van der Waals surface area (Å²) in [5.74, 6) is -0.493. The van der Waals surface area contributed by atoms with Gasteiger partial charge in [-0.1, -0.05) is 81.4 Å². The highest BCUT2D eigenvalue weighted by atomic mass is 16.5. The second-order valence-electron chi connectivity index (χ2n) is 11.3. The summed E-state index contributed by atoms with van der Waals surface area (Å²) in [6.45, 7) is 5.42. The number of benzene rings is 2. The molecule has 3 amide bonds. The first-order valence-corrected chi connectivity index (χ1v) is 13.8. The second kappa shape index (κ2) is 15.0. The molecule has 0 fully saturated rings. The summed E-state index contributed by atoms with van der Waals surface area (Å²) in [4.78, 5) is 41.5. The van der Waals surface area contributed by atoms with Crippen molar-refractivity contribution in [2.45, 2.75) is 64.3 Å². The minimum absolute atomic E-state index is 0.0444. The number of aliphatic hydroxyl groups is 1. The first kappa shape index (κ1) is 32.1. The van der Waals surface area contributed by atoms with Crippen LogP contribution < -0.4 is 16.0 Å². The Labute approximate surface area is 246 Å². The second-order valence-corrected chi connectivity index (χ2v) is 11.3. The molecule has 4 atom stereocenters. The van der Waals surface area contributed by atoms with E-state index < -0.39 is 47.7 Å². The van der Waals surface area contributed by atoms with Crippen LogP contribution in [-0.2, 0) is 22.4 Å². The molecule has 4 unspecified atom stereocenters. The molecule has 1 heterocycles. The number of carboxylic acid groups (broad SMARTS) is 1. The maximum Gasteiger partial charge on any atom is 0.407 e. The van der Waals surface area contributed by atoms with Gasteiger partial charge in [0, 0.05) is 17.8 Å². The molecule has 0 aliphatic rings. The van der Waals surface area contributed by atoms with Crippen molar-refractivity contribution in [3.63, 3.8) is 0 Å². The molecule has 0 saturated carbocycles. The molecular weight excluding hydrogens is 536 g/mol. The molecule has 0 radical (unpaired) electrons. The first-order valence-electron chi connectivity index (χ1n) is 13.8. The number of pyridine rings is 1. The number of hydrogen-bond acceptors (Lipinski definition) is 6. The summed E-state index contributed by atoms with van der Waals surface area (Å²) in [6, 6.07) is 20.3. The molecule has 0 saturated heterocycles. The summed E-state index contributed by atoms with van der Waals surface area (Å²) in [6.07, 6.45) is -0.694. The highest BCUT2D eigenvalue weighted by molar-refractivity contribution is 5.86. The zero-order valence-electron chi connectivity index (χ0n) is 24.4. The van der Waals surface area contributed by atoms with Crippen LogP contribution in [0.3, 0.4) is 0 Å². The number of nitrogens with one attached hydrogen (secondary N) is 3. The first-order chi connectivity index (χ1) is 20.0. The smallest absolute Gasteiger partial charge is 0.407 e. The van der Waals surface area contributed by atoms with Gasteiger partial charge in [-0.05, 0) is 47.9 Å². The molecular formula is C32H40N4O6. The van der Waals surface area contributed by atoms with Crippen molar-refractivity contribution in [1.82, 2.24) is 20.9 Å². The van der Waals surface area contributed by atoms with Crippen molar-refractivity contribution in [1.29, 1.82) is 0 Å². The molecule has 42 heavy (non-hydrogen) atoms. The van der Waals surface area contributed by atoms with Crippen LogP contribution in [0, 0.1) is 5.41 Å². The molecule has 0 bridgehead atoms. The molecule has 10 nitrogen and oxygen atoms in total. The predicted molar refractivity (Wildman–Crippen MR) is 160 cm³/mol. The highest BCUT2D eigenvalue weighted by Gasteiger charge is 2.36. The number of alkyl carbamates (subject to hydrolysis) is 1. The number of hydrogen-bond donors (Lipinski definition) is 5. The third-order valence-corrected chi connectivity index (χ3v) is 6.92. The molecule has 0 aliphatic carbocycles. The zero-order valence-corrected chi connectivity index (χ0v) is 24.4. The predicted octanol–water partition coefficient (Wildman–Crippen LogP) is 4.18. The van der Waals surface area contributed by atoms with E-state index in [-0.39, 0.29) is 12.8 Å². The van der Waals surface area contributed by atoms with E-state index in [4.69, 9.17) is 4.74 Å². The van der Waals surface area contributed by atoms with Gasteiger partial charge in [-0.3, -0.25) is 9.78 Å². The molecule has 0 spiro atoms. The fourth-order valence-electron chi connectivity index (χ4n) is 4.72. The zero-order chi connectivity index (χ0) is 30.7. The minimum atomic E-state index is -1.20. The Morgan fingerprint density at radius 1 is 0.857 bits per heavy atom. The summed E-state index contributed by atoms with van der Waals surface area (Å²) in [5, 5.41) is 28.9. The van der Waals surface area contributed by atoms with Gasteiger partial charge < -0.3 is 30.9 Å². The molecule has 10 heteroatoms. The van der Waals surface area contributed by atoms with Crippen LogP contribution in [0.5, 0.6) is 0 Å². The third-order valence-electron chi connectivity index (χ3n) is 6.92. The van der Waals surface area contributed by atoms with Crippen molar-refractivity contribution in [2.75, 3.05) is 7.11 Å². The number of rotatable bonds is 12. The van der Waals surface area contributed by atoms with Crippen LogP contribution in [0.4, 0.5) is 9.59 Å². The van der Waals surface area contributed by atoms with E-state index in [0.717, 1.165) is 22.4 Å². The van der Waals surface area contributed by atoms with Crippen molar-refractivity contribution < 1.29 is 29.3 Å². The highest BCUT2D eigenvalue weighted by Crippen LogP contribution is 2.22. The summed E-state index contributed by atoms with van der Waals surface area (Å²) in [7, 11) is 1.22. The van der Waals surface area contributed by atoms with E-state index in [2.05, 4.69) is 20.9 Å². The number of carbonyl (C=O) groups is 3. The number of ether oxygens (including phenoxy) is 1. The summed E-state index contributed by atoms with van der Waals surface area (Å²) < 4.78 is 4.72. The molecule has 0 aliphatic heterocycles. The Morgan fingerprint density at radius 3 is 2.07 bits per heavy atom. The largest absolute Gasteiger partial charge is 0.465 e. The number of aromatic nitrogens is 1. The molecule has 1 aromatic heterocycles. The summed E-state index contributed by atoms with van der Waals surface area (Å²) >= 11 is 0. The Bertz CT molecular complexity index is 1300. The van der Waals surface area contributed by atoms with Gasteiger partial charge in [0.2, 0.25) is 5.91 Å². The Kier molecular flexibility index (Phi) is 11.4. The fraction of sp³-hybridized carbons (Fsp3) is 0.375. The van der Waals surface area contributed by atoms with Gasteiger partial charge in [0.1, 0.15) is 6.04 Å². The van der Waals surface area contributed by atoms with E-state index >= 15 is 0 Å². The molecule has 5 N–H and O–H groups in total. The SMILES string of the molecule is COC(=O)NC(C(=O)NC(Cc1ccc(-c2ccccn2)cc1)C(O)CC(Cc1ccccc1)NC(=O)O)C(C)(C)C. The monoisotopic (exact) mass is 576 g/mol. The number of amides is 3. The topological polar surface area (TPSA) is 150 Å². The number of nitrogens with zero attached hydrogens (tertiary/aromatic N) is 1. The lowest BCUT2D eigenvalue weighted by Gasteiger charge is -2.33. The van der Waals surface area contributed by atoms with E-state index in [0.29, 0.717) is 6.42 Å². The van der Waals surface area contributed by atoms with Gasteiger partial charge >= 0.3 is 12.2 Å². The van der Waals surface area contributed by atoms with Gasteiger partial charge in [-0.25, -0.2) is 9.59 Å². The quantitative estimate of drug-likeness (QED) is 0.217. The Hall–Kier alpha value is -4.44. The Morgan fingerprint density at radius 2 is 1.50 bits per heavy atom. The lowest BCUT2D eigenvalue weighted by molar-refractivity contribution is -0.127. The van der Waals surface area contributed by atoms with Gasteiger partial charge in [-0.15, -0.1) is 0 Å². The lowest BCUT2D eigenvalue weighted by Crippen LogP contribution is -2.58. The maximum absolute atomic E-state index is 13.5. The van der Waals surface area contributed by atoms with Crippen molar-refractivity contribution in [3.05, 3.63) is 90.1 Å². The van der Waals surface area contributed by atoms with Crippen LogP contribution in [0.15, 0.2) is 79.0 Å². The van der Waals surface area contributed by atoms with E-state index in [9.17, 15) is 24.6 Å². The standard InChI is InChI=1S/C32H40N4O6/c1-32(2,3)28(36-31(41)42-4)29(38)35-26(19-22-13-15-23(16-14-22)25-12-8-9-17-33-25)27(37)20-24(34-30(39)40)18-21-10-6-5-7-11-21/h5-17,24,26-28,34,37H,18-20H2,1-4H3,(H,35,38)(H,36,41)(H,39,40). The molecule has 224 valence electrons. The summed E-state index contributed by atoms with van der Waals surface area (Å²) in [5.41, 5.74) is 2.82. The van der Waals surface area contributed by atoms with E-state index in [1.165, 1.54) is 7.11 Å². The van der Waals surface area contributed by atoms with Gasteiger partial charge in [-0.2, -0.15) is 0 Å². The van der Waals surface area contributed by atoms with Gasteiger partial charge in [0.05, 0.1) is 24.9 Å². The van der Waals surface area contributed by atoms with Crippen LogP contribution in [-0.4, -0.2) is 64.6 Å². The maximum atomic E-state index is 13.5. The number of aliphatic hydroxyl groups excluding tert-OH is 1. The van der Waals surface area contributed by atoms with Crippen LogP contribution in [0.2, 0.25) is 0 Å². The van der Waals surface area contributed by atoms with Crippen molar-refractivity contribution in [3.8, 4) is 11.3 Å². The lowest BCUT2D eigenvalue weighted by atomic mass is 9.85. The fourth-order valence-corrected chi connectivity index (χ4v) is 4.72. The Balaban J connectivity index is 1.86. The van der Waals surface area contributed by atoms with Gasteiger partial charge in [0.15, 0.2) is 0 Å². The van der Waals surface area contributed by atoms with Gasteiger partial charge in [0.25, 0.3) is 0 Å². The van der Waals surface area contributed by atoms with Crippen LogP contribution in [0.25, 0.3) is 11.3 Å². The van der Waals surface area contributed by atoms with Crippen molar-refractivity contribution in [2.24, 2.45) is 5.41 Å². The number of carbonyl (C=O) groups excluding carboxylic acids is 2. The molecule has 3 aromatic rings. The normalized spacial score (nSPS) is 14.1. The molecule has 2 aromatic carbocycles. The third kappa shape index (κ3) is 9.88. The van der Waals surface area contributed by atoms with E-state index in [1.54, 1.807) is 6.20 Å². The molecule has 3 rings (SSSR count). The average molecular weight is 577 g/mol.